The highest BCUT2D eigenvalue weighted by molar-refractivity contribution is 7.88. The number of anilines is 1. The normalized spacial score (nSPS) is 18.3. The summed E-state index contributed by atoms with van der Waals surface area (Å²) in [6, 6.07) is 7.15. The van der Waals surface area contributed by atoms with E-state index in [1.54, 1.807) is 11.0 Å². The minimum absolute atomic E-state index is 0.0687. The second kappa shape index (κ2) is 9.25. The lowest BCUT2D eigenvalue weighted by molar-refractivity contribution is 0.209. The van der Waals surface area contributed by atoms with Crippen LogP contribution >= 0.6 is 0 Å². The fraction of sp³-hybridized carbons (Fsp3) is 0.333. The first-order valence-corrected chi connectivity index (χ1v) is 13.2. The Labute approximate surface area is 205 Å². The van der Waals surface area contributed by atoms with Crippen molar-refractivity contribution in [2.45, 2.75) is 18.9 Å². The van der Waals surface area contributed by atoms with Crippen molar-refractivity contribution in [1.29, 1.82) is 0 Å². The summed E-state index contributed by atoms with van der Waals surface area (Å²) in [4.78, 5) is 15.3. The van der Waals surface area contributed by atoms with Crippen LogP contribution in [0.1, 0.15) is 11.1 Å². The van der Waals surface area contributed by atoms with Gasteiger partial charge in [-0.2, -0.15) is 14.1 Å². The van der Waals surface area contributed by atoms with Gasteiger partial charge in [-0.25, -0.2) is 21.6 Å². The molecule has 5 rings (SSSR count). The lowest BCUT2D eigenvalue weighted by atomic mass is 10.1. The van der Waals surface area contributed by atoms with Gasteiger partial charge in [-0.05, 0) is 35.4 Å². The topological polar surface area (TPSA) is 84.7 Å². The maximum atomic E-state index is 13.9. The van der Waals surface area contributed by atoms with Crippen molar-refractivity contribution in [2.75, 3.05) is 37.3 Å². The molecule has 0 radical (unpaired) electrons. The monoisotopic (exact) mass is 520 g/mol. The fourth-order valence-corrected chi connectivity index (χ4v) is 5.49. The lowest BCUT2D eigenvalue weighted by Gasteiger charge is -2.35. The third-order valence-corrected chi connectivity index (χ3v) is 7.71. The van der Waals surface area contributed by atoms with Crippen LogP contribution in [0.25, 0.3) is 5.69 Å². The summed E-state index contributed by atoms with van der Waals surface area (Å²) in [6.45, 7) is 1.01. The number of ether oxygens (including phenoxy) is 1. The molecule has 3 aromatic rings. The van der Waals surface area contributed by atoms with Gasteiger partial charge in [0, 0.05) is 45.1 Å². The van der Waals surface area contributed by atoms with Gasteiger partial charge in [-0.1, -0.05) is 6.07 Å². The van der Waals surface area contributed by atoms with E-state index in [4.69, 9.17) is 4.74 Å². The summed E-state index contributed by atoms with van der Waals surface area (Å²) in [5.41, 5.74) is 1.22. The Balaban J connectivity index is 1.51. The molecule has 12 heteroatoms. The van der Waals surface area contributed by atoms with Crippen LogP contribution in [-0.4, -0.2) is 61.0 Å². The van der Waals surface area contributed by atoms with Crippen molar-refractivity contribution in [3.8, 4) is 11.4 Å². The number of hydrogen-bond acceptors (Lipinski definition) is 6. The van der Waals surface area contributed by atoms with Gasteiger partial charge in [0.05, 0.1) is 18.1 Å². The Kier molecular flexibility index (Phi) is 6.25. The second-order valence-corrected chi connectivity index (χ2v) is 10.9. The maximum Gasteiger partial charge on any atom is 0.316 e. The van der Waals surface area contributed by atoms with Gasteiger partial charge in [0.25, 0.3) is 0 Å². The molecule has 1 saturated heterocycles. The van der Waals surface area contributed by atoms with Crippen LogP contribution in [-0.2, 0) is 22.9 Å². The van der Waals surface area contributed by atoms with Crippen LogP contribution in [0, 0.1) is 17.5 Å². The van der Waals surface area contributed by atoms with E-state index in [9.17, 15) is 26.4 Å². The van der Waals surface area contributed by atoms with E-state index >= 15 is 0 Å². The molecular weight excluding hydrogens is 497 g/mol. The minimum Gasteiger partial charge on any atom is -0.482 e. The number of piperazine rings is 1. The number of fused-ring (bicyclic) bond motifs is 1. The summed E-state index contributed by atoms with van der Waals surface area (Å²) in [5.74, 6) is -2.16. The van der Waals surface area contributed by atoms with Crippen LogP contribution in [0.4, 0.5) is 18.9 Å². The van der Waals surface area contributed by atoms with E-state index in [1.807, 2.05) is 0 Å². The van der Waals surface area contributed by atoms with E-state index in [-0.39, 0.29) is 30.3 Å². The molecular formula is C24H23F3N4O4S. The zero-order valence-corrected chi connectivity index (χ0v) is 20.1. The number of sulfonamides is 1. The fourth-order valence-electron chi connectivity index (χ4n) is 4.67. The van der Waals surface area contributed by atoms with Crippen molar-refractivity contribution in [1.82, 2.24) is 14.1 Å². The molecule has 0 amide bonds. The SMILES string of the molecule is CS(=O)(=O)N1CCN(c2cnn(-c3cc(F)cc(F)c3)c(=O)c2OC2Cc3ccc(F)cc3C2)CC1. The van der Waals surface area contributed by atoms with Crippen LogP contribution < -0.4 is 15.2 Å². The number of benzene rings is 2. The van der Waals surface area contributed by atoms with E-state index < -0.39 is 33.3 Å². The summed E-state index contributed by atoms with van der Waals surface area (Å²) in [7, 11) is -3.36. The first-order chi connectivity index (χ1) is 17.1. The van der Waals surface area contributed by atoms with Gasteiger partial charge in [0.2, 0.25) is 15.8 Å². The average molecular weight is 521 g/mol. The van der Waals surface area contributed by atoms with E-state index in [0.29, 0.717) is 37.7 Å². The summed E-state index contributed by atoms with van der Waals surface area (Å²) in [5, 5.41) is 4.13. The molecule has 36 heavy (non-hydrogen) atoms. The van der Waals surface area contributed by atoms with Crippen molar-refractivity contribution < 1.29 is 26.3 Å². The van der Waals surface area contributed by atoms with Crippen LogP contribution in [0.15, 0.2) is 47.4 Å². The van der Waals surface area contributed by atoms with E-state index in [2.05, 4.69) is 5.10 Å². The predicted octanol–water partition coefficient (Wildman–Crippen LogP) is 2.28. The number of rotatable bonds is 5. The quantitative estimate of drug-likeness (QED) is 0.513. The van der Waals surface area contributed by atoms with Crippen LogP contribution in [0.3, 0.4) is 0 Å². The Morgan fingerprint density at radius 1 is 0.917 bits per heavy atom. The zero-order chi connectivity index (χ0) is 25.6. The molecule has 1 atom stereocenters. The third kappa shape index (κ3) is 4.82. The van der Waals surface area contributed by atoms with Gasteiger partial charge < -0.3 is 9.64 Å². The summed E-state index contributed by atoms with van der Waals surface area (Å²) < 4.78 is 73.6. The molecule has 1 fully saturated rings. The largest absolute Gasteiger partial charge is 0.482 e. The standard InChI is InChI=1S/C24H23F3N4O4S/c1-36(33,34)30-6-4-29(5-7-30)22-14-28-31(20-12-18(26)11-19(27)13-20)24(32)23(22)35-21-9-15-2-3-17(25)8-16(15)10-21/h2-3,8,11-14,21H,4-7,9-10H2,1H3. The predicted molar refractivity (Wildman–Crippen MR) is 127 cm³/mol. The smallest absolute Gasteiger partial charge is 0.316 e. The highest BCUT2D eigenvalue weighted by Crippen LogP contribution is 2.31. The maximum absolute atomic E-state index is 13.9. The molecule has 1 aromatic heterocycles. The number of nitrogens with zero attached hydrogens (tertiary/aromatic N) is 4. The number of aromatic nitrogens is 2. The molecule has 0 spiro atoms. The molecule has 1 unspecified atom stereocenters. The number of hydrogen-bond donors (Lipinski definition) is 0. The molecule has 190 valence electrons. The molecule has 0 N–H and O–H groups in total. The van der Waals surface area contributed by atoms with Crippen molar-refractivity contribution >= 4 is 15.7 Å². The van der Waals surface area contributed by atoms with Gasteiger partial charge in [-0.3, -0.25) is 4.79 Å². The molecule has 0 bridgehead atoms. The average Bonchev–Trinajstić information content (AvgIpc) is 3.20. The van der Waals surface area contributed by atoms with Crippen molar-refractivity contribution in [3.63, 3.8) is 0 Å². The third-order valence-electron chi connectivity index (χ3n) is 6.40. The van der Waals surface area contributed by atoms with Gasteiger partial charge in [0.15, 0.2) is 0 Å². The summed E-state index contributed by atoms with van der Waals surface area (Å²) >= 11 is 0. The molecule has 8 nitrogen and oxygen atoms in total. The van der Waals surface area contributed by atoms with Gasteiger partial charge in [0.1, 0.15) is 29.2 Å². The van der Waals surface area contributed by atoms with E-state index in [1.165, 1.54) is 22.6 Å². The Hall–Kier alpha value is -3.38. The first-order valence-electron chi connectivity index (χ1n) is 11.3. The Morgan fingerprint density at radius 2 is 1.58 bits per heavy atom. The zero-order valence-electron chi connectivity index (χ0n) is 19.3. The van der Waals surface area contributed by atoms with Crippen LogP contribution in [0.5, 0.6) is 5.75 Å². The highest BCUT2D eigenvalue weighted by atomic mass is 32.2. The molecule has 0 saturated carbocycles. The molecule has 2 heterocycles. The highest BCUT2D eigenvalue weighted by Gasteiger charge is 2.30. The van der Waals surface area contributed by atoms with Crippen molar-refractivity contribution in [3.05, 3.63) is 81.5 Å². The van der Waals surface area contributed by atoms with Gasteiger partial charge in [-0.15, -0.1) is 0 Å². The van der Waals surface area contributed by atoms with E-state index in [0.717, 1.165) is 34.2 Å². The minimum atomic E-state index is -3.36. The Morgan fingerprint density at radius 3 is 2.25 bits per heavy atom. The number of halogens is 3. The molecule has 1 aliphatic heterocycles. The second-order valence-electron chi connectivity index (χ2n) is 8.91. The molecule has 2 aliphatic rings. The Bertz CT molecular complexity index is 1470. The molecule has 2 aromatic carbocycles. The van der Waals surface area contributed by atoms with Crippen LogP contribution in [0.2, 0.25) is 0 Å². The lowest BCUT2D eigenvalue weighted by Crippen LogP contribution is -2.49. The summed E-state index contributed by atoms with van der Waals surface area (Å²) in [6.07, 6.45) is 2.87. The molecule has 1 aliphatic carbocycles. The first kappa shape index (κ1) is 24.3. The van der Waals surface area contributed by atoms with Crippen molar-refractivity contribution in [2.24, 2.45) is 0 Å². The van der Waals surface area contributed by atoms with Gasteiger partial charge >= 0.3 is 5.56 Å².